The molecular weight excluding hydrogens is 277 g/mol. The number of hydrogen-bond donors (Lipinski definition) is 2. The molecule has 0 bridgehead atoms. The van der Waals surface area contributed by atoms with Gasteiger partial charge >= 0.3 is 14.1 Å². The summed E-state index contributed by atoms with van der Waals surface area (Å²) in [5.74, 6) is 0. The monoisotopic (exact) mass is 290 g/mol. The van der Waals surface area contributed by atoms with Crippen LogP contribution in [0.1, 0.15) is 5.56 Å². The Kier molecular flexibility index (Phi) is 4.82. The summed E-state index contributed by atoms with van der Waals surface area (Å²) in [5, 5.41) is 2.85. The number of amides is 1. The van der Waals surface area contributed by atoms with Crippen molar-refractivity contribution in [1.29, 1.82) is 0 Å². The normalized spacial score (nSPS) is 10.8. The van der Waals surface area contributed by atoms with E-state index >= 15 is 0 Å². The first-order valence-electron chi connectivity index (χ1n) is 5.89. The summed E-state index contributed by atoms with van der Waals surface area (Å²) < 4.78 is 15.9. The minimum absolute atomic E-state index is 0.188. The van der Waals surface area contributed by atoms with Crippen LogP contribution in [0.2, 0.25) is 0 Å². The minimum Gasteiger partial charge on any atom is -0.444 e. The number of hydrogen-bond acceptors (Lipinski definition) is 3. The molecule has 2 aromatic carbocycles. The van der Waals surface area contributed by atoms with E-state index in [0.717, 1.165) is 5.56 Å². The molecule has 6 heteroatoms. The summed E-state index contributed by atoms with van der Waals surface area (Å²) >= 11 is 0. The molecule has 0 aromatic heterocycles. The van der Waals surface area contributed by atoms with E-state index in [9.17, 15) is 9.36 Å². The van der Waals surface area contributed by atoms with Gasteiger partial charge in [-0.2, -0.15) is 4.89 Å². The van der Waals surface area contributed by atoms with Crippen LogP contribution in [0.25, 0.3) is 0 Å². The summed E-state index contributed by atoms with van der Waals surface area (Å²) in [6.07, 6.45) is -0.574. The summed E-state index contributed by atoms with van der Waals surface area (Å²) in [7, 11) is -2.36. The van der Waals surface area contributed by atoms with Crippen LogP contribution in [0.4, 0.5) is 10.5 Å². The van der Waals surface area contributed by atoms with Gasteiger partial charge in [0.1, 0.15) is 6.61 Å². The van der Waals surface area contributed by atoms with E-state index < -0.39 is 14.1 Å². The number of nitrogens with one attached hydrogen (secondary N) is 1. The average molecular weight is 290 g/mol. The van der Waals surface area contributed by atoms with Crippen molar-refractivity contribution < 1.29 is 19.0 Å². The molecule has 1 atom stereocenters. The second kappa shape index (κ2) is 6.80. The van der Waals surface area contributed by atoms with Gasteiger partial charge in [-0.05, 0) is 34.4 Å². The van der Waals surface area contributed by atoms with E-state index in [1.165, 1.54) is 12.1 Å². The third kappa shape index (κ3) is 4.16. The van der Waals surface area contributed by atoms with Gasteiger partial charge in [0, 0.05) is 5.69 Å². The van der Waals surface area contributed by atoms with E-state index in [2.05, 4.69) is 5.32 Å². The Bertz CT molecular complexity index is 598. The Morgan fingerprint density at radius 2 is 1.75 bits per heavy atom. The first-order valence-corrected chi connectivity index (χ1v) is 7.10. The number of anilines is 1. The van der Waals surface area contributed by atoms with Crippen LogP contribution in [-0.4, -0.2) is 11.0 Å². The lowest BCUT2D eigenvalue weighted by molar-refractivity contribution is 0.155. The highest BCUT2D eigenvalue weighted by atomic mass is 31.1. The van der Waals surface area contributed by atoms with E-state index in [4.69, 9.17) is 9.63 Å². The number of carbonyl (C=O) groups excluding carboxylic acids is 1. The Hall–Kier alpha value is -2.23. The number of ether oxygens (including phenoxy) is 1. The third-order valence-corrected chi connectivity index (χ3v) is 3.29. The average Bonchev–Trinajstić information content (AvgIpc) is 2.47. The molecule has 0 heterocycles. The van der Waals surface area contributed by atoms with Gasteiger partial charge in [-0.15, -0.1) is 0 Å². The summed E-state index contributed by atoms with van der Waals surface area (Å²) in [6.45, 7) is 0.188. The Balaban J connectivity index is 1.86. The van der Waals surface area contributed by atoms with Gasteiger partial charge in [-0.3, -0.25) is 5.32 Å². The maximum Gasteiger partial charge on any atom is 0.546 e. The lowest BCUT2D eigenvalue weighted by Gasteiger charge is -2.06. The molecular formula is C14H13NO4P+. The molecule has 20 heavy (non-hydrogen) atoms. The fourth-order valence-corrected chi connectivity index (χ4v) is 1.95. The molecule has 0 saturated carbocycles. The molecule has 102 valence electrons. The Morgan fingerprint density at radius 3 is 2.35 bits per heavy atom. The van der Waals surface area contributed by atoms with E-state index in [1.54, 1.807) is 12.1 Å². The van der Waals surface area contributed by atoms with Crippen LogP contribution >= 0.6 is 8.03 Å². The predicted molar refractivity (Wildman–Crippen MR) is 76.2 cm³/mol. The van der Waals surface area contributed by atoms with Crippen molar-refractivity contribution in [2.75, 3.05) is 5.32 Å². The maximum atomic E-state index is 11.6. The van der Waals surface area contributed by atoms with Crippen molar-refractivity contribution in [3.05, 3.63) is 60.2 Å². The van der Waals surface area contributed by atoms with Crippen LogP contribution in [0, 0.1) is 0 Å². The van der Waals surface area contributed by atoms with Gasteiger partial charge in [0.25, 0.3) is 0 Å². The zero-order chi connectivity index (χ0) is 14.4. The van der Waals surface area contributed by atoms with Crippen molar-refractivity contribution in [2.24, 2.45) is 0 Å². The second-order valence-electron chi connectivity index (χ2n) is 4.01. The van der Waals surface area contributed by atoms with E-state index in [1.807, 2.05) is 30.3 Å². The van der Waals surface area contributed by atoms with Crippen molar-refractivity contribution in [1.82, 2.24) is 0 Å². The summed E-state index contributed by atoms with van der Waals surface area (Å²) in [4.78, 5) is 20.5. The summed E-state index contributed by atoms with van der Waals surface area (Å²) in [6, 6.07) is 15.4. The molecule has 2 rings (SSSR count). The molecule has 1 amide bonds. The first kappa shape index (κ1) is 14.2. The number of benzene rings is 2. The Morgan fingerprint density at radius 1 is 1.10 bits per heavy atom. The van der Waals surface area contributed by atoms with Crippen LogP contribution in [0.3, 0.4) is 0 Å². The van der Waals surface area contributed by atoms with Gasteiger partial charge in [0.05, 0.1) is 0 Å². The van der Waals surface area contributed by atoms with Crippen molar-refractivity contribution in [2.45, 2.75) is 6.61 Å². The summed E-state index contributed by atoms with van der Waals surface area (Å²) in [5.41, 5.74) is 1.40. The minimum atomic E-state index is -2.36. The zero-order valence-corrected chi connectivity index (χ0v) is 11.4. The second-order valence-corrected chi connectivity index (χ2v) is 5.07. The topological polar surface area (TPSA) is 75.6 Å². The van der Waals surface area contributed by atoms with Crippen molar-refractivity contribution in [3.8, 4) is 0 Å². The molecule has 0 aliphatic carbocycles. The fourth-order valence-electron chi connectivity index (χ4n) is 1.55. The number of rotatable bonds is 4. The van der Waals surface area contributed by atoms with Gasteiger partial charge < -0.3 is 4.74 Å². The molecule has 1 unspecified atom stereocenters. The van der Waals surface area contributed by atoms with E-state index in [0.29, 0.717) is 11.0 Å². The predicted octanol–water partition coefficient (Wildman–Crippen LogP) is 2.80. The SMILES string of the molecule is O=C(Nc1ccc([P+](=O)O)cc1)OCc1ccccc1. The quantitative estimate of drug-likeness (QED) is 0.849. The fraction of sp³-hybridized carbons (Fsp3) is 0.0714. The smallest absolute Gasteiger partial charge is 0.444 e. The highest BCUT2D eigenvalue weighted by Gasteiger charge is 2.15. The lowest BCUT2D eigenvalue weighted by atomic mass is 10.2. The van der Waals surface area contributed by atoms with Gasteiger partial charge in [-0.1, -0.05) is 30.3 Å². The molecule has 0 aliphatic heterocycles. The van der Waals surface area contributed by atoms with E-state index in [-0.39, 0.29) is 6.61 Å². The molecule has 5 nitrogen and oxygen atoms in total. The standard InChI is InChI=1S/C14H12NO4P/c16-14(19-10-11-4-2-1-3-5-11)15-12-6-8-13(9-7-12)20(17)18/h1-9H,10H2,(H-,15,16,17,18)/p+1. The highest BCUT2D eigenvalue weighted by molar-refractivity contribution is 7.47. The molecule has 0 saturated heterocycles. The van der Waals surface area contributed by atoms with Crippen LogP contribution in [-0.2, 0) is 15.9 Å². The molecule has 2 N–H and O–H groups in total. The Labute approximate surface area is 117 Å². The molecule has 0 spiro atoms. The van der Waals surface area contributed by atoms with Gasteiger partial charge in [0.2, 0.25) is 5.30 Å². The molecule has 0 radical (unpaired) electrons. The first-order chi connectivity index (χ1) is 9.65. The van der Waals surface area contributed by atoms with Crippen LogP contribution < -0.4 is 10.6 Å². The molecule has 2 aromatic rings. The lowest BCUT2D eigenvalue weighted by Crippen LogP contribution is -2.13. The maximum absolute atomic E-state index is 11.6. The molecule has 0 aliphatic rings. The van der Waals surface area contributed by atoms with Crippen LogP contribution in [0.15, 0.2) is 54.6 Å². The molecule has 0 fully saturated rings. The van der Waals surface area contributed by atoms with Crippen molar-refractivity contribution in [3.63, 3.8) is 0 Å². The third-order valence-electron chi connectivity index (χ3n) is 2.55. The number of carbonyl (C=O) groups is 1. The van der Waals surface area contributed by atoms with Gasteiger partial charge in [-0.25, -0.2) is 4.79 Å². The largest absolute Gasteiger partial charge is 0.546 e. The van der Waals surface area contributed by atoms with Crippen molar-refractivity contribution >= 4 is 25.1 Å². The van der Waals surface area contributed by atoms with Gasteiger partial charge in [0.15, 0.2) is 0 Å². The van der Waals surface area contributed by atoms with Crippen LogP contribution in [0.5, 0.6) is 0 Å². The zero-order valence-electron chi connectivity index (χ0n) is 10.5. The highest BCUT2D eigenvalue weighted by Crippen LogP contribution is 2.15.